The van der Waals surface area contributed by atoms with Gasteiger partial charge < -0.3 is 5.73 Å². The van der Waals surface area contributed by atoms with E-state index in [4.69, 9.17) is 5.73 Å². The van der Waals surface area contributed by atoms with Crippen molar-refractivity contribution in [3.63, 3.8) is 0 Å². The number of sulfonamides is 1. The van der Waals surface area contributed by atoms with Gasteiger partial charge in [0.05, 0.1) is 10.8 Å². The first-order valence-corrected chi connectivity index (χ1v) is 7.14. The van der Waals surface area contributed by atoms with Crippen LogP contribution in [0.3, 0.4) is 0 Å². The first kappa shape index (κ1) is 15.8. The Morgan fingerprint density at radius 2 is 1.79 bits per heavy atom. The molecule has 8 heteroatoms. The molecule has 0 aliphatic heterocycles. The Labute approximate surface area is 109 Å². The number of nitrogens with one attached hydrogen (secondary N) is 1. The Morgan fingerprint density at radius 1 is 1.26 bits per heavy atom. The molecular weight excluding hydrogens is 281 g/mol. The van der Waals surface area contributed by atoms with Crippen molar-refractivity contribution in [3.05, 3.63) is 29.8 Å². The average Bonchev–Trinajstić information content (AvgIpc) is 2.29. The zero-order chi connectivity index (χ0) is 14.7. The van der Waals surface area contributed by atoms with Crippen molar-refractivity contribution in [2.75, 3.05) is 11.3 Å². The fraction of sp³-hybridized carbons (Fsp3) is 0.455. The number of nitrogens with two attached hydrogens (primary N) is 1. The Balaban J connectivity index is 2.90. The summed E-state index contributed by atoms with van der Waals surface area (Å²) in [7, 11) is -3.68. The van der Waals surface area contributed by atoms with Crippen LogP contribution in [0.25, 0.3) is 0 Å². The van der Waals surface area contributed by atoms with Gasteiger partial charge in [-0.3, -0.25) is 4.72 Å². The van der Waals surface area contributed by atoms with Gasteiger partial charge in [-0.2, -0.15) is 13.2 Å². The molecule has 0 aliphatic rings. The highest BCUT2D eigenvalue weighted by Gasteiger charge is 2.30. The van der Waals surface area contributed by atoms with Gasteiger partial charge in [-0.25, -0.2) is 8.42 Å². The molecule has 0 aliphatic carbocycles. The zero-order valence-electron chi connectivity index (χ0n) is 10.2. The van der Waals surface area contributed by atoms with Gasteiger partial charge in [0.25, 0.3) is 0 Å². The van der Waals surface area contributed by atoms with E-state index in [-0.39, 0.29) is 12.2 Å². The third-order valence-corrected chi connectivity index (χ3v) is 4.55. The highest BCUT2D eigenvalue weighted by Crippen LogP contribution is 2.30. The van der Waals surface area contributed by atoms with Gasteiger partial charge in [0.1, 0.15) is 0 Å². The summed E-state index contributed by atoms with van der Waals surface area (Å²) in [5, 5.41) is -0.769. The molecule has 0 heterocycles. The van der Waals surface area contributed by atoms with Crippen molar-refractivity contribution >= 4 is 15.7 Å². The molecule has 1 atom stereocenters. The number of hydrogen-bond acceptors (Lipinski definition) is 3. The van der Waals surface area contributed by atoms with Crippen LogP contribution in [0.1, 0.15) is 18.9 Å². The van der Waals surface area contributed by atoms with E-state index in [9.17, 15) is 21.6 Å². The smallest absolute Gasteiger partial charge is 0.329 e. The lowest BCUT2D eigenvalue weighted by molar-refractivity contribution is -0.137. The molecule has 1 rings (SSSR count). The van der Waals surface area contributed by atoms with Crippen molar-refractivity contribution in [3.8, 4) is 0 Å². The maximum absolute atomic E-state index is 12.3. The van der Waals surface area contributed by atoms with E-state index in [1.807, 2.05) is 0 Å². The lowest BCUT2D eigenvalue weighted by Crippen LogP contribution is -2.33. The van der Waals surface area contributed by atoms with Crippen molar-refractivity contribution in [1.29, 1.82) is 0 Å². The van der Waals surface area contributed by atoms with Crippen LogP contribution in [0.4, 0.5) is 18.9 Å². The summed E-state index contributed by atoms with van der Waals surface area (Å²) >= 11 is 0. The van der Waals surface area contributed by atoms with Crippen LogP contribution in [-0.4, -0.2) is 20.2 Å². The van der Waals surface area contributed by atoms with Crippen LogP contribution in [0.2, 0.25) is 0 Å². The monoisotopic (exact) mass is 296 g/mol. The predicted octanol–water partition coefficient (Wildman–Crippen LogP) is 2.18. The fourth-order valence-corrected chi connectivity index (χ4v) is 2.81. The summed E-state index contributed by atoms with van der Waals surface area (Å²) in [5.74, 6) is 0. The summed E-state index contributed by atoms with van der Waals surface area (Å²) in [6, 6.07) is 3.79. The van der Waals surface area contributed by atoms with Crippen LogP contribution < -0.4 is 10.5 Å². The molecule has 3 N–H and O–H groups in total. The average molecular weight is 296 g/mol. The molecule has 0 saturated heterocycles. The Bertz CT molecular complexity index is 508. The minimum atomic E-state index is -4.44. The second-order valence-electron chi connectivity index (χ2n) is 3.99. The molecule has 1 unspecified atom stereocenters. The van der Waals surface area contributed by atoms with Crippen molar-refractivity contribution in [2.45, 2.75) is 24.8 Å². The van der Waals surface area contributed by atoms with Crippen molar-refractivity contribution in [1.82, 2.24) is 0 Å². The molecular formula is C11H15F3N2O2S. The summed E-state index contributed by atoms with van der Waals surface area (Å²) in [5.41, 5.74) is 4.59. The van der Waals surface area contributed by atoms with Crippen LogP contribution in [0, 0.1) is 0 Å². The summed E-state index contributed by atoms with van der Waals surface area (Å²) in [4.78, 5) is 0. The van der Waals surface area contributed by atoms with E-state index < -0.39 is 27.0 Å². The molecule has 0 amide bonds. The summed E-state index contributed by atoms with van der Waals surface area (Å²) in [6.07, 6.45) is -4.12. The van der Waals surface area contributed by atoms with Crippen molar-refractivity contribution in [2.24, 2.45) is 5.73 Å². The second kappa shape index (κ2) is 5.79. The van der Waals surface area contributed by atoms with Gasteiger partial charge in [-0.1, -0.05) is 6.92 Å². The Kier molecular flexibility index (Phi) is 4.81. The van der Waals surface area contributed by atoms with Gasteiger partial charge >= 0.3 is 6.18 Å². The molecule has 1 aromatic carbocycles. The molecule has 0 bridgehead atoms. The van der Waals surface area contributed by atoms with Crippen molar-refractivity contribution < 1.29 is 21.6 Å². The van der Waals surface area contributed by atoms with Crippen LogP contribution in [0.5, 0.6) is 0 Å². The second-order valence-corrected chi connectivity index (χ2v) is 5.95. The number of benzene rings is 1. The zero-order valence-corrected chi connectivity index (χ0v) is 11.1. The number of rotatable bonds is 5. The quantitative estimate of drug-likeness (QED) is 0.875. The third kappa shape index (κ3) is 4.10. The summed E-state index contributed by atoms with van der Waals surface area (Å²) in [6.45, 7) is 1.62. The highest BCUT2D eigenvalue weighted by atomic mass is 32.2. The van der Waals surface area contributed by atoms with Crippen LogP contribution in [-0.2, 0) is 16.2 Å². The van der Waals surface area contributed by atoms with E-state index in [1.165, 1.54) is 0 Å². The third-order valence-electron chi connectivity index (χ3n) is 2.63. The maximum Gasteiger partial charge on any atom is 0.416 e. The SMILES string of the molecule is CCC(CN)S(=O)(=O)Nc1ccc(C(F)(F)F)cc1. The van der Waals surface area contributed by atoms with E-state index in [2.05, 4.69) is 4.72 Å². The summed E-state index contributed by atoms with van der Waals surface area (Å²) < 4.78 is 62.9. The molecule has 19 heavy (non-hydrogen) atoms. The number of anilines is 1. The largest absolute Gasteiger partial charge is 0.416 e. The van der Waals surface area contributed by atoms with Gasteiger partial charge in [0.2, 0.25) is 10.0 Å². The normalized spacial score (nSPS) is 14.2. The molecule has 1 aromatic rings. The van der Waals surface area contributed by atoms with Gasteiger partial charge in [0.15, 0.2) is 0 Å². The standard InChI is InChI=1S/C11H15F3N2O2S/c1-2-10(7-15)19(17,18)16-9-5-3-8(4-6-9)11(12,13)14/h3-6,10,16H,2,7,15H2,1H3. The van der Waals surface area contributed by atoms with E-state index in [0.717, 1.165) is 24.3 Å². The van der Waals surface area contributed by atoms with Crippen LogP contribution in [0.15, 0.2) is 24.3 Å². The lowest BCUT2D eigenvalue weighted by atomic mass is 10.2. The van der Waals surface area contributed by atoms with E-state index in [1.54, 1.807) is 6.92 Å². The molecule has 108 valence electrons. The number of hydrogen-bond donors (Lipinski definition) is 2. The Hall–Kier alpha value is -1.28. The molecule has 0 radical (unpaired) electrons. The number of halogens is 3. The molecule has 0 spiro atoms. The Morgan fingerprint density at radius 3 is 2.16 bits per heavy atom. The van der Waals surface area contributed by atoms with E-state index >= 15 is 0 Å². The minimum Gasteiger partial charge on any atom is -0.329 e. The van der Waals surface area contributed by atoms with Gasteiger partial charge in [-0.05, 0) is 30.7 Å². The molecule has 0 fully saturated rings. The van der Waals surface area contributed by atoms with E-state index in [0.29, 0.717) is 6.42 Å². The van der Waals surface area contributed by atoms with Gasteiger partial charge in [0, 0.05) is 12.2 Å². The predicted molar refractivity (Wildman–Crippen MR) is 67.1 cm³/mol. The molecule has 0 aromatic heterocycles. The first-order valence-electron chi connectivity index (χ1n) is 5.59. The van der Waals surface area contributed by atoms with Gasteiger partial charge in [-0.15, -0.1) is 0 Å². The molecule has 4 nitrogen and oxygen atoms in total. The first-order chi connectivity index (χ1) is 8.70. The lowest BCUT2D eigenvalue weighted by Gasteiger charge is -2.15. The highest BCUT2D eigenvalue weighted by molar-refractivity contribution is 7.93. The topological polar surface area (TPSA) is 72.2 Å². The number of alkyl halides is 3. The van der Waals surface area contributed by atoms with Crippen LogP contribution >= 0.6 is 0 Å². The minimum absolute atomic E-state index is 0.0491. The maximum atomic E-state index is 12.3. The molecule has 0 saturated carbocycles. The fourth-order valence-electron chi connectivity index (χ4n) is 1.49.